The molecule has 1 fully saturated rings. The summed E-state index contributed by atoms with van der Waals surface area (Å²) < 4.78 is 0. The Kier molecular flexibility index (Phi) is 2.57. The second-order valence-corrected chi connectivity index (χ2v) is 5.22. The van der Waals surface area contributed by atoms with Crippen LogP contribution in [0.25, 0.3) is 10.9 Å². The van der Waals surface area contributed by atoms with Crippen molar-refractivity contribution in [3.8, 4) is 0 Å². The molecule has 0 radical (unpaired) electrons. The third kappa shape index (κ3) is 1.63. The van der Waals surface area contributed by atoms with E-state index in [0.29, 0.717) is 11.7 Å². The Bertz CT molecular complexity index is 556. The number of fused-ring (bicyclic) bond motifs is 1. The second kappa shape index (κ2) is 3.97. The SMILES string of the molecule is NCC1(c2cc3ccccc3nc2Cl)CCC1. The molecule has 0 atom stereocenters. The van der Waals surface area contributed by atoms with E-state index in [9.17, 15) is 0 Å². The van der Waals surface area contributed by atoms with Crippen molar-refractivity contribution in [2.24, 2.45) is 5.73 Å². The molecule has 2 N–H and O–H groups in total. The third-order valence-electron chi connectivity index (χ3n) is 3.95. The lowest BCUT2D eigenvalue weighted by Gasteiger charge is -2.41. The lowest BCUT2D eigenvalue weighted by molar-refractivity contribution is 0.253. The molecule has 1 aromatic heterocycles. The maximum atomic E-state index is 6.31. The minimum atomic E-state index is 0.0775. The third-order valence-corrected chi connectivity index (χ3v) is 4.24. The van der Waals surface area contributed by atoms with Gasteiger partial charge in [-0.3, -0.25) is 0 Å². The molecule has 2 nitrogen and oxygen atoms in total. The van der Waals surface area contributed by atoms with Crippen molar-refractivity contribution in [2.45, 2.75) is 24.7 Å². The molecule has 17 heavy (non-hydrogen) atoms. The molecule has 2 aromatic rings. The van der Waals surface area contributed by atoms with Crippen molar-refractivity contribution < 1.29 is 0 Å². The van der Waals surface area contributed by atoms with Crippen LogP contribution in [0.1, 0.15) is 24.8 Å². The van der Waals surface area contributed by atoms with Crippen LogP contribution in [0.2, 0.25) is 5.15 Å². The predicted molar refractivity (Wildman–Crippen MR) is 71.3 cm³/mol. The average molecular weight is 247 g/mol. The molecule has 0 spiro atoms. The first-order valence-corrected chi connectivity index (χ1v) is 6.39. The molecule has 0 saturated heterocycles. The Hall–Kier alpha value is -1.12. The van der Waals surface area contributed by atoms with Gasteiger partial charge in [-0.1, -0.05) is 36.2 Å². The molecule has 1 heterocycles. The Labute approximate surface area is 106 Å². The largest absolute Gasteiger partial charge is 0.330 e. The minimum absolute atomic E-state index is 0.0775. The van der Waals surface area contributed by atoms with Crippen molar-refractivity contribution >= 4 is 22.5 Å². The zero-order chi connectivity index (χ0) is 11.9. The highest BCUT2D eigenvalue weighted by molar-refractivity contribution is 6.30. The average Bonchev–Trinajstić information content (AvgIpc) is 2.29. The van der Waals surface area contributed by atoms with Crippen LogP contribution in [0.5, 0.6) is 0 Å². The first-order valence-electron chi connectivity index (χ1n) is 6.01. The summed E-state index contributed by atoms with van der Waals surface area (Å²) in [5, 5.41) is 1.76. The lowest BCUT2D eigenvalue weighted by atomic mass is 9.65. The summed E-state index contributed by atoms with van der Waals surface area (Å²) in [6, 6.07) is 10.2. The molecular weight excluding hydrogens is 232 g/mol. The van der Waals surface area contributed by atoms with E-state index in [4.69, 9.17) is 17.3 Å². The summed E-state index contributed by atoms with van der Waals surface area (Å²) in [5.41, 5.74) is 8.09. The first kappa shape index (κ1) is 11.0. The second-order valence-electron chi connectivity index (χ2n) is 4.86. The number of nitrogens with zero attached hydrogens (tertiary/aromatic N) is 1. The maximum absolute atomic E-state index is 6.31. The fourth-order valence-electron chi connectivity index (χ4n) is 2.65. The summed E-state index contributed by atoms with van der Waals surface area (Å²) >= 11 is 6.31. The highest BCUT2D eigenvalue weighted by Crippen LogP contribution is 2.45. The van der Waals surface area contributed by atoms with E-state index in [2.05, 4.69) is 17.1 Å². The summed E-state index contributed by atoms with van der Waals surface area (Å²) in [6.45, 7) is 0.659. The van der Waals surface area contributed by atoms with Crippen LogP contribution in [0.3, 0.4) is 0 Å². The van der Waals surface area contributed by atoms with E-state index in [-0.39, 0.29) is 5.41 Å². The van der Waals surface area contributed by atoms with Gasteiger partial charge in [-0.25, -0.2) is 4.98 Å². The minimum Gasteiger partial charge on any atom is -0.330 e. The number of benzene rings is 1. The summed E-state index contributed by atoms with van der Waals surface area (Å²) in [7, 11) is 0. The van der Waals surface area contributed by atoms with Crippen LogP contribution >= 0.6 is 11.6 Å². The molecule has 1 aliphatic carbocycles. The van der Waals surface area contributed by atoms with Gasteiger partial charge in [-0.15, -0.1) is 0 Å². The van der Waals surface area contributed by atoms with Crippen molar-refractivity contribution in [2.75, 3.05) is 6.54 Å². The molecule has 1 aliphatic rings. The van der Waals surface area contributed by atoms with E-state index >= 15 is 0 Å². The molecule has 0 amide bonds. The van der Waals surface area contributed by atoms with Gasteiger partial charge in [0.15, 0.2) is 0 Å². The van der Waals surface area contributed by atoms with Crippen molar-refractivity contribution in [1.29, 1.82) is 0 Å². The molecule has 88 valence electrons. The predicted octanol–water partition coefficient (Wildman–Crippen LogP) is 3.27. The molecule has 3 rings (SSSR count). The molecule has 0 aliphatic heterocycles. The van der Waals surface area contributed by atoms with Gasteiger partial charge in [-0.2, -0.15) is 0 Å². The fourth-order valence-corrected chi connectivity index (χ4v) is 3.00. The van der Waals surface area contributed by atoms with Gasteiger partial charge in [0.05, 0.1) is 5.52 Å². The standard InChI is InChI=1S/C14H15ClN2/c15-13-11(14(9-16)6-3-7-14)8-10-4-1-2-5-12(10)17-13/h1-2,4-5,8H,3,6-7,9,16H2. The van der Waals surface area contributed by atoms with Crippen molar-refractivity contribution in [3.63, 3.8) is 0 Å². The summed E-state index contributed by atoms with van der Waals surface area (Å²) in [5.74, 6) is 0. The molecule has 3 heteroatoms. The fraction of sp³-hybridized carbons (Fsp3) is 0.357. The summed E-state index contributed by atoms with van der Waals surface area (Å²) in [4.78, 5) is 4.48. The zero-order valence-corrected chi connectivity index (χ0v) is 10.4. The molecule has 0 bridgehead atoms. The van der Waals surface area contributed by atoms with Gasteiger partial charge in [0.1, 0.15) is 5.15 Å². The number of para-hydroxylation sites is 1. The smallest absolute Gasteiger partial charge is 0.133 e. The highest BCUT2D eigenvalue weighted by atomic mass is 35.5. The van der Waals surface area contributed by atoms with Crippen molar-refractivity contribution in [3.05, 3.63) is 41.0 Å². The van der Waals surface area contributed by atoms with Gasteiger partial charge >= 0.3 is 0 Å². The number of halogens is 1. The normalized spacial score (nSPS) is 18.0. The zero-order valence-electron chi connectivity index (χ0n) is 9.62. The summed E-state index contributed by atoms with van der Waals surface area (Å²) in [6.07, 6.45) is 3.49. The van der Waals surface area contributed by atoms with E-state index in [1.54, 1.807) is 0 Å². The van der Waals surface area contributed by atoms with E-state index in [1.165, 1.54) is 6.42 Å². The monoisotopic (exact) mass is 246 g/mol. The van der Waals surface area contributed by atoms with Crippen LogP contribution in [0, 0.1) is 0 Å². The maximum Gasteiger partial charge on any atom is 0.133 e. The van der Waals surface area contributed by atoms with Crippen LogP contribution in [-0.4, -0.2) is 11.5 Å². The van der Waals surface area contributed by atoms with E-state index < -0.39 is 0 Å². The number of rotatable bonds is 2. The highest BCUT2D eigenvalue weighted by Gasteiger charge is 2.39. The Morgan fingerprint density at radius 2 is 2.06 bits per heavy atom. The first-order chi connectivity index (χ1) is 8.25. The van der Waals surface area contributed by atoms with Gasteiger partial charge < -0.3 is 5.73 Å². The van der Waals surface area contributed by atoms with Crippen LogP contribution in [0.15, 0.2) is 30.3 Å². The number of aromatic nitrogens is 1. The Morgan fingerprint density at radius 1 is 1.29 bits per heavy atom. The van der Waals surface area contributed by atoms with Gasteiger partial charge in [-0.05, 0) is 30.5 Å². The van der Waals surface area contributed by atoms with Gasteiger partial charge in [0.25, 0.3) is 0 Å². The quantitative estimate of drug-likeness (QED) is 0.826. The van der Waals surface area contributed by atoms with E-state index in [0.717, 1.165) is 29.3 Å². The number of hydrogen-bond donors (Lipinski definition) is 1. The molecule has 1 aromatic carbocycles. The van der Waals surface area contributed by atoms with Gasteiger partial charge in [0, 0.05) is 17.3 Å². The Morgan fingerprint density at radius 3 is 2.71 bits per heavy atom. The van der Waals surface area contributed by atoms with Crippen LogP contribution in [-0.2, 0) is 5.41 Å². The number of hydrogen-bond acceptors (Lipinski definition) is 2. The van der Waals surface area contributed by atoms with Crippen LogP contribution < -0.4 is 5.73 Å². The molecule has 0 unspecified atom stereocenters. The number of pyridine rings is 1. The lowest BCUT2D eigenvalue weighted by Crippen LogP contribution is -2.41. The van der Waals surface area contributed by atoms with Crippen LogP contribution in [0.4, 0.5) is 0 Å². The van der Waals surface area contributed by atoms with E-state index in [1.807, 2.05) is 18.2 Å². The molecule has 1 saturated carbocycles. The number of nitrogens with two attached hydrogens (primary N) is 1. The topological polar surface area (TPSA) is 38.9 Å². The van der Waals surface area contributed by atoms with Crippen molar-refractivity contribution in [1.82, 2.24) is 4.98 Å². The van der Waals surface area contributed by atoms with Gasteiger partial charge in [0.2, 0.25) is 0 Å². The Balaban J connectivity index is 2.19. The molecular formula is C14H15ClN2.